The van der Waals surface area contributed by atoms with Crippen LogP contribution in [0.25, 0.3) is 0 Å². The zero-order valence-electron chi connectivity index (χ0n) is 10.1. The summed E-state index contributed by atoms with van der Waals surface area (Å²) in [6.45, 7) is 4.07. The normalized spacial score (nSPS) is 10.2. The Balaban J connectivity index is 2.26. The predicted molar refractivity (Wildman–Crippen MR) is 66.2 cm³/mol. The third-order valence-corrected chi connectivity index (χ3v) is 2.28. The quantitative estimate of drug-likeness (QED) is 0.679. The van der Waals surface area contributed by atoms with E-state index in [0.29, 0.717) is 19.6 Å². The van der Waals surface area contributed by atoms with Gasteiger partial charge in [0.1, 0.15) is 5.75 Å². The standard InChI is InChI=1S/C13H19NO3/c1-2-17-12-6-3-5-11(9-12)10-14-8-4-7-13(15)16/h3,5-6,9,14H,2,4,7-8,10H2,1H3,(H,15,16). The molecule has 1 aromatic rings. The number of aliphatic carboxylic acids is 1. The van der Waals surface area contributed by atoms with Gasteiger partial charge in [0, 0.05) is 13.0 Å². The zero-order valence-corrected chi connectivity index (χ0v) is 10.1. The molecule has 0 aliphatic rings. The second kappa shape index (κ2) is 7.68. The van der Waals surface area contributed by atoms with Gasteiger partial charge in [-0.15, -0.1) is 0 Å². The van der Waals surface area contributed by atoms with Gasteiger partial charge < -0.3 is 15.2 Å². The van der Waals surface area contributed by atoms with E-state index in [9.17, 15) is 4.79 Å². The molecule has 1 aromatic carbocycles. The highest BCUT2D eigenvalue weighted by molar-refractivity contribution is 5.66. The number of hydrogen-bond acceptors (Lipinski definition) is 3. The van der Waals surface area contributed by atoms with Gasteiger partial charge in [-0.05, 0) is 37.6 Å². The molecule has 0 atom stereocenters. The first-order valence-corrected chi connectivity index (χ1v) is 5.86. The summed E-state index contributed by atoms with van der Waals surface area (Å²) in [5.74, 6) is 0.127. The molecule has 0 bridgehead atoms. The van der Waals surface area contributed by atoms with Crippen LogP contribution in [-0.2, 0) is 11.3 Å². The van der Waals surface area contributed by atoms with Crippen LogP contribution in [0.1, 0.15) is 25.3 Å². The summed E-state index contributed by atoms with van der Waals surface area (Å²) >= 11 is 0. The van der Waals surface area contributed by atoms with Crippen LogP contribution < -0.4 is 10.1 Å². The average Bonchev–Trinajstić information content (AvgIpc) is 2.29. The molecule has 17 heavy (non-hydrogen) atoms. The number of carboxylic acid groups (broad SMARTS) is 1. The van der Waals surface area contributed by atoms with Crippen molar-refractivity contribution < 1.29 is 14.6 Å². The molecule has 0 saturated carbocycles. The number of benzene rings is 1. The van der Waals surface area contributed by atoms with Gasteiger partial charge in [0.15, 0.2) is 0 Å². The van der Waals surface area contributed by atoms with Gasteiger partial charge in [-0.2, -0.15) is 0 Å². The van der Waals surface area contributed by atoms with Crippen LogP contribution in [0.4, 0.5) is 0 Å². The van der Waals surface area contributed by atoms with Crippen molar-refractivity contribution in [2.24, 2.45) is 0 Å². The largest absolute Gasteiger partial charge is 0.494 e. The molecule has 94 valence electrons. The van der Waals surface area contributed by atoms with Crippen LogP contribution in [0.3, 0.4) is 0 Å². The lowest BCUT2D eigenvalue weighted by molar-refractivity contribution is -0.137. The maximum Gasteiger partial charge on any atom is 0.303 e. The fraction of sp³-hybridized carbons (Fsp3) is 0.462. The van der Waals surface area contributed by atoms with Crippen molar-refractivity contribution in [2.45, 2.75) is 26.3 Å². The second-order valence-corrected chi connectivity index (χ2v) is 3.75. The van der Waals surface area contributed by atoms with Gasteiger partial charge >= 0.3 is 5.97 Å². The minimum atomic E-state index is -0.745. The van der Waals surface area contributed by atoms with E-state index < -0.39 is 5.97 Å². The van der Waals surface area contributed by atoms with Crippen molar-refractivity contribution in [1.29, 1.82) is 0 Å². The van der Waals surface area contributed by atoms with E-state index in [4.69, 9.17) is 9.84 Å². The summed E-state index contributed by atoms with van der Waals surface area (Å²) < 4.78 is 5.40. The topological polar surface area (TPSA) is 58.6 Å². The summed E-state index contributed by atoms with van der Waals surface area (Å²) in [5.41, 5.74) is 1.14. The molecule has 0 aromatic heterocycles. The van der Waals surface area contributed by atoms with Gasteiger partial charge in [-0.3, -0.25) is 4.79 Å². The summed E-state index contributed by atoms with van der Waals surface area (Å²) in [6, 6.07) is 7.90. The Morgan fingerprint density at radius 2 is 2.29 bits per heavy atom. The molecule has 0 fully saturated rings. The van der Waals surface area contributed by atoms with E-state index in [0.717, 1.165) is 17.9 Å². The maximum absolute atomic E-state index is 10.3. The predicted octanol–water partition coefficient (Wildman–Crippen LogP) is 2.04. The van der Waals surface area contributed by atoms with Gasteiger partial charge in [-0.1, -0.05) is 12.1 Å². The smallest absolute Gasteiger partial charge is 0.303 e. The van der Waals surface area contributed by atoms with Gasteiger partial charge in [0.05, 0.1) is 6.61 Å². The van der Waals surface area contributed by atoms with Crippen molar-refractivity contribution in [2.75, 3.05) is 13.2 Å². The first-order chi connectivity index (χ1) is 8.22. The molecular weight excluding hydrogens is 218 g/mol. The number of hydrogen-bond donors (Lipinski definition) is 2. The Kier molecular flexibility index (Phi) is 6.10. The fourth-order valence-corrected chi connectivity index (χ4v) is 1.51. The molecule has 0 aliphatic carbocycles. The van der Waals surface area contributed by atoms with E-state index in [2.05, 4.69) is 5.32 Å². The lowest BCUT2D eigenvalue weighted by atomic mass is 10.2. The molecule has 0 saturated heterocycles. The first-order valence-electron chi connectivity index (χ1n) is 5.86. The number of ether oxygens (including phenoxy) is 1. The maximum atomic E-state index is 10.3. The monoisotopic (exact) mass is 237 g/mol. The highest BCUT2D eigenvalue weighted by Crippen LogP contribution is 2.12. The molecule has 0 spiro atoms. The van der Waals surface area contributed by atoms with Crippen LogP contribution >= 0.6 is 0 Å². The Hall–Kier alpha value is -1.55. The molecule has 0 aliphatic heterocycles. The summed E-state index contributed by atoms with van der Waals surface area (Å²) in [4.78, 5) is 10.3. The Morgan fingerprint density at radius 1 is 1.47 bits per heavy atom. The second-order valence-electron chi connectivity index (χ2n) is 3.75. The van der Waals surface area contributed by atoms with Crippen molar-refractivity contribution in [1.82, 2.24) is 5.32 Å². The number of carbonyl (C=O) groups is 1. The van der Waals surface area contributed by atoms with Crippen LogP contribution in [0.2, 0.25) is 0 Å². The van der Waals surface area contributed by atoms with E-state index in [-0.39, 0.29) is 6.42 Å². The third-order valence-electron chi connectivity index (χ3n) is 2.28. The average molecular weight is 237 g/mol. The highest BCUT2D eigenvalue weighted by atomic mass is 16.5. The molecule has 4 nitrogen and oxygen atoms in total. The van der Waals surface area contributed by atoms with Crippen LogP contribution in [0, 0.1) is 0 Å². The minimum absolute atomic E-state index is 0.214. The van der Waals surface area contributed by atoms with Gasteiger partial charge in [0.25, 0.3) is 0 Å². The zero-order chi connectivity index (χ0) is 12.5. The SMILES string of the molecule is CCOc1cccc(CNCCCC(=O)O)c1. The first kappa shape index (κ1) is 13.5. The summed E-state index contributed by atoms with van der Waals surface area (Å²) in [6.07, 6.45) is 0.868. The Labute approximate surface area is 102 Å². The molecule has 2 N–H and O–H groups in total. The van der Waals surface area contributed by atoms with Crippen LogP contribution in [-0.4, -0.2) is 24.2 Å². The van der Waals surface area contributed by atoms with E-state index in [1.165, 1.54) is 0 Å². The van der Waals surface area contributed by atoms with E-state index in [1.54, 1.807) is 0 Å². The lowest BCUT2D eigenvalue weighted by Gasteiger charge is -2.07. The molecule has 0 unspecified atom stereocenters. The van der Waals surface area contributed by atoms with E-state index in [1.807, 2.05) is 31.2 Å². The minimum Gasteiger partial charge on any atom is -0.494 e. The van der Waals surface area contributed by atoms with Gasteiger partial charge in [0.2, 0.25) is 0 Å². The molecule has 4 heteroatoms. The van der Waals surface area contributed by atoms with Gasteiger partial charge in [-0.25, -0.2) is 0 Å². The van der Waals surface area contributed by atoms with E-state index >= 15 is 0 Å². The van der Waals surface area contributed by atoms with Crippen LogP contribution in [0.5, 0.6) is 5.75 Å². The van der Waals surface area contributed by atoms with Crippen molar-refractivity contribution in [3.8, 4) is 5.75 Å². The molecule has 0 amide bonds. The third kappa shape index (κ3) is 5.92. The molecular formula is C13H19NO3. The molecule has 0 heterocycles. The van der Waals surface area contributed by atoms with Crippen molar-refractivity contribution in [3.05, 3.63) is 29.8 Å². The summed E-state index contributed by atoms with van der Waals surface area (Å²) in [7, 11) is 0. The number of rotatable bonds is 8. The molecule has 1 rings (SSSR count). The number of carboxylic acids is 1. The lowest BCUT2D eigenvalue weighted by Crippen LogP contribution is -2.15. The summed E-state index contributed by atoms with van der Waals surface area (Å²) in [5, 5.41) is 11.7. The van der Waals surface area contributed by atoms with Crippen LogP contribution in [0.15, 0.2) is 24.3 Å². The number of nitrogens with one attached hydrogen (secondary N) is 1. The van der Waals surface area contributed by atoms with Crippen molar-refractivity contribution >= 4 is 5.97 Å². The highest BCUT2D eigenvalue weighted by Gasteiger charge is 1.98. The Bertz CT molecular complexity index is 352. The molecule has 0 radical (unpaired) electrons. The van der Waals surface area contributed by atoms with Crippen molar-refractivity contribution in [3.63, 3.8) is 0 Å². The Morgan fingerprint density at radius 3 is 3.00 bits per heavy atom. The fourth-order valence-electron chi connectivity index (χ4n) is 1.51.